The SMILES string of the molecule is CCOC(=O)C1=C(C)N(C)C(=O)N[C@H]1c1c(F)cccc1Cl. The van der Waals surface area contributed by atoms with E-state index in [0.29, 0.717) is 5.70 Å². The molecule has 0 aliphatic carbocycles. The molecule has 118 valence electrons. The second-order valence-electron chi connectivity index (χ2n) is 4.80. The van der Waals surface area contributed by atoms with E-state index in [2.05, 4.69) is 5.32 Å². The number of hydrogen-bond acceptors (Lipinski definition) is 3. The molecular formula is C15H16ClFN2O3. The van der Waals surface area contributed by atoms with Gasteiger partial charge in [0.05, 0.1) is 18.2 Å². The molecular weight excluding hydrogens is 311 g/mol. The van der Waals surface area contributed by atoms with Crippen molar-refractivity contribution in [1.29, 1.82) is 0 Å². The van der Waals surface area contributed by atoms with Crippen LogP contribution in [0.5, 0.6) is 0 Å². The van der Waals surface area contributed by atoms with Crippen LogP contribution in [-0.2, 0) is 9.53 Å². The van der Waals surface area contributed by atoms with Crippen LogP contribution in [0.15, 0.2) is 29.5 Å². The summed E-state index contributed by atoms with van der Waals surface area (Å²) in [6, 6.07) is 2.75. The summed E-state index contributed by atoms with van der Waals surface area (Å²) in [5.74, 6) is -1.21. The first-order valence-electron chi connectivity index (χ1n) is 6.74. The summed E-state index contributed by atoms with van der Waals surface area (Å²) in [5.41, 5.74) is 0.607. The van der Waals surface area contributed by atoms with Crippen LogP contribution in [0.2, 0.25) is 5.02 Å². The van der Waals surface area contributed by atoms with Gasteiger partial charge in [0.25, 0.3) is 0 Å². The Morgan fingerprint density at radius 3 is 2.77 bits per heavy atom. The summed E-state index contributed by atoms with van der Waals surface area (Å²) in [7, 11) is 1.52. The maximum absolute atomic E-state index is 14.2. The van der Waals surface area contributed by atoms with Gasteiger partial charge in [0, 0.05) is 23.3 Å². The molecule has 1 aromatic carbocycles. The number of ether oxygens (including phenoxy) is 1. The quantitative estimate of drug-likeness (QED) is 0.869. The maximum atomic E-state index is 14.2. The molecule has 1 aromatic rings. The van der Waals surface area contributed by atoms with Crippen molar-refractivity contribution in [3.63, 3.8) is 0 Å². The number of carbonyl (C=O) groups is 2. The number of halogens is 2. The van der Waals surface area contributed by atoms with E-state index < -0.39 is 23.9 Å². The third kappa shape index (κ3) is 2.78. The maximum Gasteiger partial charge on any atom is 0.338 e. The molecule has 1 atom stereocenters. The van der Waals surface area contributed by atoms with Crippen molar-refractivity contribution in [2.45, 2.75) is 19.9 Å². The van der Waals surface area contributed by atoms with Crippen LogP contribution in [0.4, 0.5) is 9.18 Å². The van der Waals surface area contributed by atoms with Crippen molar-refractivity contribution in [2.75, 3.05) is 13.7 Å². The number of hydrogen-bond donors (Lipinski definition) is 1. The fourth-order valence-corrected chi connectivity index (χ4v) is 2.58. The average Bonchev–Trinajstić information content (AvgIpc) is 2.45. The molecule has 0 unspecified atom stereocenters. The van der Waals surface area contributed by atoms with Gasteiger partial charge in [-0.1, -0.05) is 17.7 Å². The van der Waals surface area contributed by atoms with Gasteiger partial charge in [-0.2, -0.15) is 0 Å². The van der Waals surface area contributed by atoms with Crippen LogP contribution in [0.25, 0.3) is 0 Å². The van der Waals surface area contributed by atoms with Crippen molar-refractivity contribution in [3.05, 3.63) is 45.9 Å². The smallest absolute Gasteiger partial charge is 0.338 e. The number of nitrogens with one attached hydrogen (secondary N) is 1. The molecule has 0 radical (unpaired) electrons. The molecule has 22 heavy (non-hydrogen) atoms. The standard InChI is InChI=1S/C15H16ClFN2O3/c1-4-22-14(20)11-8(2)19(3)15(21)18-13(11)12-9(16)6-5-7-10(12)17/h5-7,13H,4H2,1-3H3,(H,18,21)/t13-/m1/s1. The van der Waals surface area contributed by atoms with Gasteiger partial charge in [0.2, 0.25) is 0 Å². The lowest BCUT2D eigenvalue weighted by Gasteiger charge is -2.33. The highest BCUT2D eigenvalue weighted by atomic mass is 35.5. The van der Waals surface area contributed by atoms with Crippen molar-refractivity contribution in [3.8, 4) is 0 Å². The lowest BCUT2D eigenvalue weighted by molar-refractivity contribution is -0.139. The third-order valence-electron chi connectivity index (χ3n) is 3.54. The number of urea groups is 1. The van der Waals surface area contributed by atoms with Crippen molar-refractivity contribution >= 4 is 23.6 Å². The van der Waals surface area contributed by atoms with E-state index in [0.717, 1.165) is 0 Å². The summed E-state index contributed by atoms with van der Waals surface area (Å²) in [4.78, 5) is 25.5. The number of esters is 1. The first-order chi connectivity index (χ1) is 10.4. The molecule has 1 heterocycles. The Labute approximate surface area is 132 Å². The van der Waals surface area contributed by atoms with Gasteiger partial charge in [-0.15, -0.1) is 0 Å². The molecule has 2 rings (SSSR count). The number of rotatable bonds is 3. The monoisotopic (exact) mass is 326 g/mol. The zero-order valence-corrected chi connectivity index (χ0v) is 13.2. The summed E-state index contributed by atoms with van der Waals surface area (Å²) < 4.78 is 19.2. The summed E-state index contributed by atoms with van der Waals surface area (Å²) in [6.45, 7) is 3.45. The fraction of sp³-hybridized carbons (Fsp3) is 0.333. The van der Waals surface area contributed by atoms with Gasteiger partial charge in [-0.3, -0.25) is 0 Å². The normalized spacial score (nSPS) is 18.3. The largest absolute Gasteiger partial charge is 0.463 e. The molecule has 5 nitrogen and oxygen atoms in total. The number of benzene rings is 1. The van der Waals surface area contributed by atoms with Crippen LogP contribution in [0, 0.1) is 5.82 Å². The zero-order valence-electron chi connectivity index (χ0n) is 12.4. The molecule has 0 aromatic heterocycles. The average molecular weight is 327 g/mol. The van der Waals surface area contributed by atoms with E-state index in [1.54, 1.807) is 13.8 Å². The highest BCUT2D eigenvalue weighted by Crippen LogP contribution is 2.35. The van der Waals surface area contributed by atoms with E-state index >= 15 is 0 Å². The minimum absolute atomic E-state index is 0.0491. The van der Waals surface area contributed by atoms with Gasteiger partial charge in [-0.05, 0) is 26.0 Å². The highest BCUT2D eigenvalue weighted by Gasteiger charge is 2.37. The van der Waals surface area contributed by atoms with E-state index in [1.807, 2.05) is 0 Å². The number of nitrogens with zero attached hydrogens (tertiary/aromatic N) is 1. The molecule has 2 amide bonds. The molecule has 0 saturated heterocycles. The van der Waals surface area contributed by atoms with Crippen molar-refractivity contribution in [2.24, 2.45) is 0 Å². The van der Waals surface area contributed by atoms with Crippen LogP contribution in [0.3, 0.4) is 0 Å². The van der Waals surface area contributed by atoms with Crippen molar-refractivity contribution in [1.82, 2.24) is 10.2 Å². The Morgan fingerprint density at radius 2 is 2.18 bits per heavy atom. The first-order valence-corrected chi connectivity index (χ1v) is 7.12. The summed E-state index contributed by atoms with van der Waals surface area (Å²) in [5, 5.41) is 2.72. The molecule has 1 aliphatic rings. The van der Waals surface area contributed by atoms with Crippen LogP contribution >= 0.6 is 11.6 Å². The van der Waals surface area contributed by atoms with Crippen LogP contribution in [0.1, 0.15) is 25.5 Å². The highest BCUT2D eigenvalue weighted by molar-refractivity contribution is 6.31. The fourth-order valence-electron chi connectivity index (χ4n) is 2.31. The second-order valence-corrected chi connectivity index (χ2v) is 5.20. The Kier molecular flexibility index (Phi) is 4.71. The summed E-state index contributed by atoms with van der Waals surface area (Å²) >= 11 is 6.06. The Morgan fingerprint density at radius 1 is 1.50 bits per heavy atom. The van der Waals surface area contributed by atoms with Crippen molar-refractivity contribution < 1.29 is 18.7 Å². The third-order valence-corrected chi connectivity index (χ3v) is 3.87. The van der Waals surface area contributed by atoms with E-state index in [9.17, 15) is 14.0 Å². The minimum atomic E-state index is -0.989. The van der Waals surface area contributed by atoms with Gasteiger partial charge < -0.3 is 15.0 Å². The first kappa shape index (κ1) is 16.3. The van der Waals surface area contributed by atoms with Crippen LogP contribution < -0.4 is 5.32 Å². The molecule has 0 bridgehead atoms. The van der Waals surface area contributed by atoms with Gasteiger partial charge >= 0.3 is 12.0 Å². The molecule has 1 aliphatic heterocycles. The lowest BCUT2D eigenvalue weighted by atomic mass is 9.94. The predicted molar refractivity (Wildman–Crippen MR) is 79.8 cm³/mol. The topological polar surface area (TPSA) is 58.6 Å². The Bertz CT molecular complexity index is 640. The van der Waals surface area contributed by atoms with Crippen LogP contribution in [-0.4, -0.2) is 30.6 Å². The molecule has 0 fully saturated rings. The zero-order chi connectivity index (χ0) is 16.4. The molecule has 7 heteroatoms. The summed E-state index contributed by atoms with van der Waals surface area (Å²) in [6.07, 6.45) is 0. The van der Waals surface area contributed by atoms with Gasteiger partial charge in [-0.25, -0.2) is 14.0 Å². The Hall–Kier alpha value is -2.08. The van der Waals surface area contributed by atoms with Gasteiger partial charge in [0.1, 0.15) is 5.82 Å². The van der Waals surface area contributed by atoms with E-state index in [-0.39, 0.29) is 22.8 Å². The van der Waals surface area contributed by atoms with E-state index in [4.69, 9.17) is 16.3 Å². The predicted octanol–water partition coefficient (Wildman–Crippen LogP) is 3.01. The minimum Gasteiger partial charge on any atom is -0.463 e. The molecule has 0 spiro atoms. The molecule has 1 N–H and O–H groups in total. The number of carbonyl (C=O) groups excluding carboxylic acids is 2. The second kappa shape index (κ2) is 6.36. The van der Waals surface area contributed by atoms with E-state index in [1.165, 1.54) is 30.1 Å². The lowest BCUT2D eigenvalue weighted by Crippen LogP contribution is -2.46. The number of amides is 2. The Balaban J connectivity index is 2.61. The van der Waals surface area contributed by atoms with Gasteiger partial charge in [0.15, 0.2) is 0 Å². The number of allylic oxidation sites excluding steroid dienone is 1. The molecule has 0 saturated carbocycles.